The fraction of sp³-hybridized carbons (Fsp3) is 0.538. The van der Waals surface area contributed by atoms with E-state index in [1.807, 2.05) is 31.2 Å². The van der Waals surface area contributed by atoms with E-state index in [-0.39, 0.29) is 0 Å². The highest BCUT2D eigenvalue weighted by molar-refractivity contribution is 6.30. The maximum absolute atomic E-state index is 10.2. The molecule has 1 aromatic rings. The first kappa shape index (κ1) is 13.5. The largest absolute Gasteiger partial charge is 0.390 e. The van der Waals surface area contributed by atoms with Crippen molar-refractivity contribution in [2.45, 2.75) is 32.3 Å². The summed E-state index contributed by atoms with van der Waals surface area (Å²) in [6, 6.07) is 7.64. The van der Waals surface area contributed by atoms with Crippen molar-refractivity contribution in [2.24, 2.45) is 0 Å². The monoisotopic (exact) mass is 241 g/mol. The fourth-order valence-corrected chi connectivity index (χ4v) is 1.79. The van der Waals surface area contributed by atoms with Gasteiger partial charge in [0.15, 0.2) is 0 Å². The third-order valence-electron chi connectivity index (χ3n) is 2.59. The number of hydrogen-bond donors (Lipinski definition) is 2. The zero-order valence-corrected chi connectivity index (χ0v) is 10.7. The summed E-state index contributed by atoms with van der Waals surface area (Å²) in [5.41, 5.74) is 0.460. The average Bonchev–Trinajstić information content (AvgIpc) is 2.21. The molecule has 0 spiro atoms. The van der Waals surface area contributed by atoms with Crippen LogP contribution in [-0.2, 0) is 6.42 Å². The van der Waals surface area contributed by atoms with Crippen molar-refractivity contribution in [1.29, 1.82) is 0 Å². The molecule has 1 aromatic carbocycles. The first-order chi connectivity index (χ1) is 7.53. The standard InChI is InChI=1S/C13H20ClNO/c1-3-15-9-8-13(2,16)10-11-4-6-12(14)7-5-11/h4-7,15-16H,3,8-10H2,1-2H3. The fourth-order valence-electron chi connectivity index (χ4n) is 1.66. The second-order valence-corrected chi connectivity index (χ2v) is 4.84. The van der Waals surface area contributed by atoms with Gasteiger partial charge < -0.3 is 10.4 Å². The van der Waals surface area contributed by atoms with Crippen LogP contribution in [0.25, 0.3) is 0 Å². The Balaban J connectivity index is 2.48. The van der Waals surface area contributed by atoms with Crippen molar-refractivity contribution in [2.75, 3.05) is 13.1 Å². The Labute approximate surface area is 103 Å². The van der Waals surface area contributed by atoms with Gasteiger partial charge in [0.25, 0.3) is 0 Å². The lowest BCUT2D eigenvalue weighted by molar-refractivity contribution is 0.0517. The summed E-state index contributed by atoms with van der Waals surface area (Å²) in [6.07, 6.45) is 1.42. The van der Waals surface area contributed by atoms with Crippen LogP contribution in [0, 0.1) is 0 Å². The van der Waals surface area contributed by atoms with E-state index < -0.39 is 5.60 Å². The van der Waals surface area contributed by atoms with Gasteiger partial charge in [0.05, 0.1) is 5.60 Å². The van der Waals surface area contributed by atoms with Crippen LogP contribution in [0.1, 0.15) is 25.8 Å². The topological polar surface area (TPSA) is 32.3 Å². The molecule has 0 amide bonds. The first-order valence-electron chi connectivity index (χ1n) is 5.71. The Morgan fingerprint density at radius 2 is 1.94 bits per heavy atom. The Morgan fingerprint density at radius 1 is 1.31 bits per heavy atom. The maximum Gasteiger partial charge on any atom is 0.0672 e. The number of aliphatic hydroxyl groups is 1. The summed E-state index contributed by atoms with van der Waals surface area (Å²) < 4.78 is 0. The predicted molar refractivity (Wildman–Crippen MR) is 68.9 cm³/mol. The molecule has 0 radical (unpaired) electrons. The molecule has 16 heavy (non-hydrogen) atoms. The Kier molecular flexibility index (Phi) is 5.26. The molecular formula is C13H20ClNO. The molecule has 0 aliphatic rings. The van der Waals surface area contributed by atoms with Gasteiger partial charge in [0, 0.05) is 11.4 Å². The minimum Gasteiger partial charge on any atom is -0.390 e. The minimum absolute atomic E-state index is 0.657. The van der Waals surface area contributed by atoms with Gasteiger partial charge in [-0.1, -0.05) is 30.7 Å². The smallest absolute Gasteiger partial charge is 0.0672 e. The van der Waals surface area contributed by atoms with Crippen LogP contribution in [0.5, 0.6) is 0 Å². The van der Waals surface area contributed by atoms with E-state index in [2.05, 4.69) is 12.2 Å². The third kappa shape index (κ3) is 4.97. The van der Waals surface area contributed by atoms with E-state index in [0.29, 0.717) is 6.42 Å². The van der Waals surface area contributed by atoms with Crippen molar-refractivity contribution in [3.05, 3.63) is 34.9 Å². The Bertz CT molecular complexity index is 308. The van der Waals surface area contributed by atoms with Gasteiger partial charge in [-0.25, -0.2) is 0 Å². The molecule has 0 aliphatic carbocycles. The molecule has 3 heteroatoms. The zero-order valence-electron chi connectivity index (χ0n) is 9.96. The highest BCUT2D eigenvalue weighted by Crippen LogP contribution is 2.18. The summed E-state index contributed by atoms with van der Waals surface area (Å²) in [5, 5.41) is 14.1. The molecule has 0 heterocycles. The van der Waals surface area contributed by atoms with Gasteiger partial charge in [-0.15, -0.1) is 0 Å². The SMILES string of the molecule is CCNCCC(C)(O)Cc1ccc(Cl)cc1. The van der Waals surface area contributed by atoms with Gasteiger partial charge >= 0.3 is 0 Å². The molecule has 0 saturated carbocycles. The van der Waals surface area contributed by atoms with E-state index in [4.69, 9.17) is 11.6 Å². The van der Waals surface area contributed by atoms with Crippen LogP contribution in [0.4, 0.5) is 0 Å². The number of rotatable bonds is 6. The van der Waals surface area contributed by atoms with Gasteiger partial charge in [-0.05, 0) is 44.1 Å². The maximum atomic E-state index is 10.2. The molecule has 1 rings (SSSR count). The molecule has 0 fully saturated rings. The molecule has 1 atom stereocenters. The second-order valence-electron chi connectivity index (χ2n) is 4.40. The molecule has 0 aromatic heterocycles. The first-order valence-corrected chi connectivity index (χ1v) is 6.09. The van der Waals surface area contributed by atoms with Crippen molar-refractivity contribution in [1.82, 2.24) is 5.32 Å². The van der Waals surface area contributed by atoms with Crippen molar-refractivity contribution in [3.63, 3.8) is 0 Å². The van der Waals surface area contributed by atoms with Crippen molar-refractivity contribution >= 4 is 11.6 Å². The molecule has 2 N–H and O–H groups in total. The summed E-state index contributed by atoms with van der Waals surface area (Å²) in [6.45, 7) is 5.72. The normalized spacial score (nSPS) is 14.8. The van der Waals surface area contributed by atoms with E-state index in [9.17, 15) is 5.11 Å². The van der Waals surface area contributed by atoms with Crippen LogP contribution < -0.4 is 5.32 Å². The summed E-state index contributed by atoms with van der Waals surface area (Å²) in [5.74, 6) is 0. The second kappa shape index (κ2) is 6.24. The van der Waals surface area contributed by atoms with E-state index in [1.165, 1.54) is 0 Å². The average molecular weight is 242 g/mol. The highest BCUT2D eigenvalue weighted by atomic mass is 35.5. The van der Waals surface area contributed by atoms with Crippen LogP contribution in [0.2, 0.25) is 5.02 Å². The number of benzene rings is 1. The molecular weight excluding hydrogens is 222 g/mol. The highest BCUT2D eigenvalue weighted by Gasteiger charge is 2.20. The molecule has 90 valence electrons. The van der Waals surface area contributed by atoms with E-state index in [0.717, 1.165) is 30.1 Å². The predicted octanol–water partition coefficient (Wildman–Crippen LogP) is 2.63. The van der Waals surface area contributed by atoms with Gasteiger partial charge in [-0.3, -0.25) is 0 Å². The van der Waals surface area contributed by atoms with Crippen LogP contribution in [0.15, 0.2) is 24.3 Å². The molecule has 1 unspecified atom stereocenters. The van der Waals surface area contributed by atoms with Crippen molar-refractivity contribution < 1.29 is 5.11 Å². The van der Waals surface area contributed by atoms with Gasteiger partial charge in [0.1, 0.15) is 0 Å². The van der Waals surface area contributed by atoms with Crippen molar-refractivity contribution in [3.8, 4) is 0 Å². The van der Waals surface area contributed by atoms with Crippen LogP contribution in [0.3, 0.4) is 0 Å². The molecule has 0 bridgehead atoms. The lowest BCUT2D eigenvalue weighted by Gasteiger charge is -2.23. The number of hydrogen-bond acceptors (Lipinski definition) is 2. The quantitative estimate of drug-likeness (QED) is 0.751. The van der Waals surface area contributed by atoms with Crippen LogP contribution >= 0.6 is 11.6 Å². The van der Waals surface area contributed by atoms with Crippen LogP contribution in [-0.4, -0.2) is 23.8 Å². The number of halogens is 1. The minimum atomic E-state index is -0.657. The Morgan fingerprint density at radius 3 is 2.50 bits per heavy atom. The lowest BCUT2D eigenvalue weighted by Crippen LogP contribution is -2.32. The summed E-state index contributed by atoms with van der Waals surface area (Å²) in [7, 11) is 0. The molecule has 2 nitrogen and oxygen atoms in total. The van der Waals surface area contributed by atoms with Gasteiger partial charge in [0.2, 0.25) is 0 Å². The number of nitrogens with one attached hydrogen (secondary N) is 1. The Hall–Kier alpha value is -0.570. The summed E-state index contributed by atoms with van der Waals surface area (Å²) in [4.78, 5) is 0. The molecule has 0 aliphatic heterocycles. The summed E-state index contributed by atoms with van der Waals surface area (Å²) >= 11 is 5.81. The zero-order chi connectivity index (χ0) is 12.0. The lowest BCUT2D eigenvalue weighted by atomic mass is 9.93. The van der Waals surface area contributed by atoms with E-state index in [1.54, 1.807) is 0 Å². The molecule has 0 saturated heterocycles. The third-order valence-corrected chi connectivity index (χ3v) is 2.84. The van der Waals surface area contributed by atoms with Gasteiger partial charge in [-0.2, -0.15) is 0 Å². The van der Waals surface area contributed by atoms with E-state index >= 15 is 0 Å².